The lowest BCUT2D eigenvalue weighted by Crippen LogP contribution is -2.30. The van der Waals surface area contributed by atoms with E-state index < -0.39 is 5.97 Å². The predicted octanol–water partition coefficient (Wildman–Crippen LogP) is 1.14. The van der Waals surface area contributed by atoms with Crippen molar-refractivity contribution in [3.63, 3.8) is 0 Å². The summed E-state index contributed by atoms with van der Waals surface area (Å²) in [5, 5.41) is 20.5. The van der Waals surface area contributed by atoms with Gasteiger partial charge in [0.1, 0.15) is 0 Å². The molecule has 2 N–H and O–H groups in total. The molecule has 0 saturated carbocycles. The van der Waals surface area contributed by atoms with Gasteiger partial charge in [0, 0.05) is 23.9 Å². The number of aromatic nitrogens is 4. The highest BCUT2D eigenvalue weighted by Gasteiger charge is 2.38. The molecular formula is C15H19N5O3S. The van der Waals surface area contributed by atoms with E-state index >= 15 is 0 Å². The van der Waals surface area contributed by atoms with E-state index in [1.807, 2.05) is 13.8 Å². The number of aliphatic carboxylic acids is 1. The second kappa shape index (κ2) is 6.68. The molecule has 2 atom stereocenters. The maximum absolute atomic E-state index is 12.6. The molecule has 1 amide bonds. The molecule has 9 heteroatoms. The maximum atomic E-state index is 12.6. The summed E-state index contributed by atoms with van der Waals surface area (Å²) in [6.07, 6.45) is 1.92. The monoisotopic (exact) mass is 349 g/mol. The van der Waals surface area contributed by atoms with Crippen molar-refractivity contribution in [2.75, 3.05) is 13.1 Å². The number of likely N-dealkylation sites (tertiary alicyclic amines) is 1. The molecule has 0 unspecified atom stereocenters. The van der Waals surface area contributed by atoms with Crippen LogP contribution in [0.5, 0.6) is 0 Å². The summed E-state index contributed by atoms with van der Waals surface area (Å²) in [6, 6.07) is 0. The molecule has 24 heavy (non-hydrogen) atoms. The van der Waals surface area contributed by atoms with Crippen LogP contribution >= 0.6 is 11.3 Å². The van der Waals surface area contributed by atoms with Gasteiger partial charge >= 0.3 is 5.97 Å². The van der Waals surface area contributed by atoms with Gasteiger partial charge in [0.05, 0.1) is 35.4 Å². The summed E-state index contributed by atoms with van der Waals surface area (Å²) in [5.74, 6) is -1.12. The van der Waals surface area contributed by atoms with E-state index in [1.165, 1.54) is 11.3 Å². The Morgan fingerprint density at radius 3 is 2.79 bits per heavy atom. The molecule has 1 saturated heterocycles. The van der Waals surface area contributed by atoms with Crippen LogP contribution in [0.25, 0.3) is 0 Å². The molecule has 2 aromatic rings. The fraction of sp³-hybridized carbons (Fsp3) is 0.533. The first kappa shape index (κ1) is 16.6. The SMILES string of the molecule is Cc1nc(C)c(CC(=O)N2C[C@H](CC(=O)O)[C@H](c3cn[nH]n3)C2)s1. The number of hydrogen-bond donors (Lipinski definition) is 2. The van der Waals surface area contributed by atoms with E-state index in [0.717, 1.165) is 15.6 Å². The van der Waals surface area contributed by atoms with Gasteiger partial charge in [-0.05, 0) is 19.8 Å². The molecule has 128 valence electrons. The number of amides is 1. The Bertz CT molecular complexity index is 742. The zero-order valence-corrected chi connectivity index (χ0v) is 14.3. The Morgan fingerprint density at radius 2 is 2.21 bits per heavy atom. The van der Waals surface area contributed by atoms with Crippen LogP contribution in [-0.4, -0.2) is 55.4 Å². The highest BCUT2D eigenvalue weighted by atomic mass is 32.1. The highest BCUT2D eigenvalue weighted by Crippen LogP contribution is 2.34. The van der Waals surface area contributed by atoms with Crippen molar-refractivity contribution in [1.29, 1.82) is 0 Å². The van der Waals surface area contributed by atoms with Gasteiger partial charge in [0.25, 0.3) is 0 Å². The molecule has 0 spiro atoms. The minimum Gasteiger partial charge on any atom is -0.481 e. The second-order valence-electron chi connectivity index (χ2n) is 6.08. The summed E-state index contributed by atoms with van der Waals surface area (Å²) in [7, 11) is 0. The van der Waals surface area contributed by atoms with Crippen LogP contribution in [0.2, 0.25) is 0 Å². The molecule has 0 aromatic carbocycles. The van der Waals surface area contributed by atoms with E-state index in [1.54, 1.807) is 11.1 Å². The minimum atomic E-state index is -0.864. The average Bonchev–Trinajstić information content (AvgIpc) is 3.19. The van der Waals surface area contributed by atoms with Gasteiger partial charge in [-0.2, -0.15) is 15.4 Å². The normalized spacial score (nSPS) is 20.5. The summed E-state index contributed by atoms with van der Waals surface area (Å²) in [5.41, 5.74) is 1.60. The Morgan fingerprint density at radius 1 is 1.42 bits per heavy atom. The average molecular weight is 349 g/mol. The first-order chi connectivity index (χ1) is 11.4. The topological polar surface area (TPSA) is 112 Å². The lowest BCUT2D eigenvalue weighted by atomic mass is 9.91. The third-order valence-electron chi connectivity index (χ3n) is 4.36. The van der Waals surface area contributed by atoms with Gasteiger partial charge in [0.15, 0.2) is 0 Å². The fourth-order valence-corrected chi connectivity index (χ4v) is 4.15. The number of carboxylic acid groups (broad SMARTS) is 1. The van der Waals surface area contributed by atoms with Crippen LogP contribution in [0.1, 0.15) is 33.6 Å². The van der Waals surface area contributed by atoms with Gasteiger partial charge < -0.3 is 10.0 Å². The molecule has 3 heterocycles. The molecule has 1 aliphatic rings. The standard InChI is InChI=1S/C15H19N5O3S/c1-8-13(24-9(2)17-8)4-14(21)20-6-10(3-15(22)23)11(7-20)12-5-16-19-18-12/h5,10-11H,3-4,6-7H2,1-2H3,(H,22,23)(H,16,18,19)/t10-,11+/m0/s1. The summed E-state index contributed by atoms with van der Waals surface area (Å²) < 4.78 is 0. The van der Waals surface area contributed by atoms with Crippen molar-refractivity contribution in [3.8, 4) is 0 Å². The zero-order chi connectivity index (χ0) is 17.3. The molecule has 3 rings (SSSR count). The third kappa shape index (κ3) is 3.45. The molecular weight excluding hydrogens is 330 g/mol. The number of carbonyl (C=O) groups excluding carboxylic acids is 1. The number of hydrogen-bond acceptors (Lipinski definition) is 6. The number of carbonyl (C=O) groups is 2. The van der Waals surface area contributed by atoms with Crippen LogP contribution in [0.4, 0.5) is 0 Å². The molecule has 1 aliphatic heterocycles. The third-order valence-corrected chi connectivity index (χ3v) is 5.43. The van der Waals surface area contributed by atoms with Crippen molar-refractivity contribution in [3.05, 3.63) is 27.5 Å². The van der Waals surface area contributed by atoms with Crippen molar-refractivity contribution in [1.82, 2.24) is 25.3 Å². The molecule has 1 fully saturated rings. The number of aromatic amines is 1. The van der Waals surface area contributed by atoms with Gasteiger partial charge in [-0.1, -0.05) is 0 Å². The number of carboxylic acids is 1. The van der Waals surface area contributed by atoms with Crippen molar-refractivity contribution >= 4 is 23.2 Å². The maximum Gasteiger partial charge on any atom is 0.303 e. The largest absolute Gasteiger partial charge is 0.481 e. The van der Waals surface area contributed by atoms with Gasteiger partial charge in [-0.3, -0.25) is 9.59 Å². The van der Waals surface area contributed by atoms with Gasteiger partial charge in [-0.15, -0.1) is 11.3 Å². The molecule has 0 radical (unpaired) electrons. The number of aryl methyl sites for hydroxylation is 2. The number of nitrogens with one attached hydrogen (secondary N) is 1. The molecule has 8 nitrogen and oxygen atoms in total. The summed E-state index contributed by atoms with van der Waals surface area (Å²) in [6.45, 7) is 4.73. The van der Waals surface area contributed by atoms with Gasteiger partial charge in [0.2, 0.25) is 5.91 Å². The number of rotatable bonds is 5. The summed E-state index contributed by atoms with van der Waals surface area (Å²) in [4.78, 5) is 30.8. The van der Waals surface area contributed by atoms with E-state index in [0.29, 0.717) is 25.2 Å². The van der Waals surface area contributed by atoms with Crippen LogP contribution in [0.15, 0.2) is 6.20 Å². The van der Waals surface area contributed by atoms with E-state index in [-0.39, 0.29) is 24.2 Å². The van der Waals surface area contributed by atoms with Crippen LogP contribution in [-0.2, 0) is 16.0 Å². The first-order valence-electron chi connectivity index (χ1n) is 7.72. The number of thiazole rings is 1. The number of nitrogens with zero attached hydrogens (tertiary/aromatic N) is 4. The van der Waals surface area contributed by atoms with Crippen molar-refractivity contribution < 1.29 is 14.7 Å². The number of H-pyrrole nitrogens is 1. The molecule has 0 aliphatic carbocycles. The summed E-state index contributed by atoms with van der Waals surface area (Å²) >= 11 is 1.53. The Kier molecular flexibility index (Phi) is 4.61. The highest BCUT2D eigenvalue weighted by molar-refractivity contribution is 7.11. The minimum absolute atomic E-state index is 0.00290. The van der Waals surface area contributed by atoms with Crippen LogP contribution < -0.4 is 0 Å². The lowest BCUT2D eigenvalue weighted by Gasteiger charge is -2.15. The Labute approximate surface area is 142 Å². The van der Waals surface area contributed by atoms with Crippen molar-refractivity contribution in [2.45, 2.75) is 32.6 Å². The second-order valence-corrected chi connectivity index (χ2v) is 7.36. The molecule has 0 bridgehead atoms. The zero-order valence-electron chi connectivity index (χ0n) is 13.5. The Balaban J connectivity index is 1.73. The van der Waals surface area contributed by atoms with E-state index in [2.05, 4.69) is 20.4 Å². The van der Waals surface area contributed by atoms with E-state index in [9.17, 15) is 9.59 Å². The van der Waals surface area contributed by atoms with Crippen LogP contribution in [0, 0.1) is 19.8 Å². The predicted molar refractivity (Wildman–Crippen MR) is 86.7 cm³/mol. The van der Waals surface area contributed by atoms with Crippen LogP contribution in [0.3, 0.4) is 0 Å². The first-order valence-corrected chi connectivity index (χ1v) is 8.53. The smallest absolute Gasteiger partial charge is 0.303 e. The lowest BCUT2D eigenvalue weighted by molar-refractivity contribution is -0.138. The fourth-order valence-electron chi connectivity index (χ4n) is 3.22. The quantitative estimate of drug-likeness (QED) is 0.837. The van der Waals surface area contributed by atoms with Gasteiger partial charge in [-0.25, -0.2) is 4.98 Å². The Hall–Kier alpha value is -2.29. The van der Waals surface area contributed by atoms with Crippen molar-refractivity contribution in [2.24, 2.45) is 5.92 Å². The van der Waals surface area contributed by atoms with E-state index in [4.69, 9.17) is 5.11 Å². The molecule has 2 aromatic heterocycles.